The second-order valence-corrected chi connectivity index (χ2v) is 5.20. The molecule has 0 spiro atoms. The van der Waals surface area contributed by atoms with E-state index in [9.17, 15) is 4.79 Å². The van der Waals surface area contributed by atoms with E-state index < -0.39 is 5.97 Å². The van der Waals surface area contributed by atoms with Crippen LogP contribution in [0.25, 0.3) is 0 Å². The highest BCUT2D eigenvalue weighted by Gasteiger charge is 2.11. The molecule has 0 radical (unpaired) electrons. The molecule has 21 heavy (non-hydrogen) atoms. The fourth-order valence-corrected chi connectivity index (χ4v) is 2.38. The Kier molecular flexibility index (Phi) is 5.41. The number of ether oxygens (including phenoxy) is 2. The summed E-state index contributed by atoms with van der Waals surface area (Å²) in [6, 6.07) is 7.52. The number of carbonyl (C=O) groups excluding carboxylic acids is 1. The summed E-state index contributed by atoms with van der Waals surface area (Å²) >= 11 is 3.50. The number of halogens is 1. The van der Waals surface area contributed by atoms with Gasteiger partial charge in [0, 0.05) is 22.8 Å². The van der Waals surface area contributed by atoms with E-state index in [0.29, 0.717) is 24.5 Å². The van der Waals surface area contributed by atoms with E-state index in [4.69, 9.17) is 9.15 Å². The molecular formula is C15H16BrNO4. The van der Waals surface area contributed by atoms with Crippen molar-refractivity contribution in [3.63, 3.8) is 0 Å². The Labute approximate surface area is 131 Å². The highest BCUT2D eigenvalue weighted by molar-refractivity contribution is 9.10. The van der Waals surface area contributed by atoms with Crippen molar-refractivity contribution in [3.8, 4) is 0 Å². The molecule has 2 aromatic rings. The van der Waals surface area contributed by atoms with Crippen molar-refractivity contribution in [1.29, 1.82) is 0 Å². The van der Waals surface area contributed by atoms with Gasteiger partial charge in [-0.3, -0.25) is 0 Å². The van der Waals surface area contributed by atoms with E-state index in [2.05, 4.69) is 26.0 Å². The molecule has 0 amide bonds. The van der Waals surface area contributed by atoms with E-state index in [1.54, 1.807) is 13.2 Å². The van der Waals surface area contributed by atoms with Gasteiger partial charge >= 0.3 is 5.97 Å². The summed E-state index contributed by atoms with van der Waals surface area (Å²) in [5.74, 6) is 0.242. The minimum atomic E-state index is -0.410. The first kappa shape index (κ1) is 15.6. The number of rotatable bonds is 6. The molecule has 1 aromatic carbocycles. The van der Waals surface area contributed by atoms with Crippen molar-refractivity contribution in [2.75, 3.05) is 19.5 Å². The minimum Gasteiger partial charge on any atom is -0.467 e. The van der Waals surface area contributed by atoms with Crippen molar-refractivity contribution < 1.29 is 18.7 Å². The third-order valence-corrected chi connectivity index (χ3v) is 3.68. The summed E-state index contributed by atoms with van der Waals surface area (Å²) < 4.78 is 16.1. The maximum Gasteiger partial charge on any atom is 0.341 e. The lowest BCUT2D eigenvalue weighted by molar-refractivity contribution is 0.0600. The van der Waals surface area contributed by atoms with Gasteiger partial charge in [-0.25, -0.2) is 4.79 Å². The molecule has 5 nitrogen and oxygen atoms in total. The van der Waals surface area contributed by atoms with Crippen LogP contribution in [0.2, 0.25) is 0 Å². The summed E-state index contributed by atoms with van der Waals surface area (Å²) in [7, 11) is 2.99. The zero-order valence-electron chi connectivity index (χ0n) is 11.8. The van der Waals surface area contributed by atoms with Crippen molar-refractivity contribution in [2.45, 2.75) is 13.2 Å². The maximum atomic E-state index is 11.4. The first-order valence-electron chi connectivity index (χ1n) is 6.31. The Bertz CT molecular complexity index is 624. The molecule has 1 heterocycles. The van der Waals surface area contributed by atoms with E-state index in [1.807, 2.05) is 18.2 Å². The lowest BCUT2D eigenvalue weighted by atomic mass is 10.2. The van der Waals surface area contributed by atoms with Crippen molar-refractivity contribution in [3.05, 3.63) is 51.9 Å². The molecule has 0 saturated heterocycles. The summed E-state index contributed by atoms with van der Waals surface area (Å²) in [5.41, 5.74) is 2.38. The molecular weight excluding hydrogens is 338 g/mol. The predicted octanol–water partition coefficient (Wildman–Crippen LogP) is 3.59. The molecule has 6 heteroatoms. The van der Waals surface area contributed by atoms with E-state index in [0.717, 1.165) is 15.7 Å². The third kappa shape index (κ3) is 3.86. The van der Waals surface area contributed by atoms with Crippen LogP contribution < -0.4 is 5.32 Å². The lowest BCUT2D eigenvalue weighted by Crippen LogP contribution is -2.03. The molecule has 112 valence electrons. The minimum absolute atomic E-state index is 0.403. The fraction of sp³-hybridized carbons (Fsp3) is 0.267. The third-order valence-electron chi connectivity index (χ3n) is 2.94. The molecule has 1 aromatic heterocycles. The van der Waals surface area contributed by atoms with Gasteiger partial charge < -0.3 is 19.2 Å². The Morgan fingerprint density at radius 3 is 2.90 bits per heavy atom. The molecule has 1 N–H and O–H groups in total. The second-order valence-electron chi connectivity index (χ2n) is 4.35. The van der Waals surface area contributed by atoms with Crippen molar-refractivity contribution in [2.24, 2.45) is 0 Å². The highest BCUT2D eigenvalue weighted by Crippen LogP contribution is 2.26. The van der Waals surface area contributed by atoms with Crippen LogP contribution in [0.3, 0.4) is 0 Å². The number of hydrogen-bond acceptors (Lipinski definition) is 5. The average Bonchev–Trinajstić information content (AvgIpc) is 2.96. The van der Waals surface area contributed by atoms with Gasteiger partial charge in [0.1, 0.15) is 12.0 Å². The van der Waals surface area contributed by atoms with Gasteiger partial charge in [-0.2, -0.15) is 0 Å². The van der Waals surface area contributed by atoms with Gasteiger partial charge in [0.15, 0.2) is 0 Å². The normalized spacial score (nSPS) is 10.4. The van der Waals surface area contributed by atoms with Crippen LogP contribution >= 0.6 is 15.9 Å². The summed E-state index contributed by atoms with van der Waals surface area (Å²) in [4.78, 5) is 11.4. The second kappa shape index (κ2) is 7.28. The monoisotopic (exact) mass is 353 g/mol. The van der Waals surface area contributed by atoms with E-state index in [1.165, 1.54) is 13.4 Å². The summed E-state index contributed by atoms with van der Waals surface area (Å²) in [5, 5.41) is 3.27. The maximum absolute atomic E-state index is 11.4. The summed E-state index contributed by atoms with van der Waals surface area (Å²) in [6.07, 6.45) is 1.39. The molecule has 0 unspecified atom stereocenters. The Balaban J connectivity index is 2.08. The molecule has 0 bridgehead atoms. The van der Waals surface area contributed by atoms with Crippen LogP contribution in [-0.4, -0.2) is 20.2 Å². The molecule has 0 aliphatic heterocycles. The van der Waals surface area contributed by atoms with Crippen LogP contribution in [0.5, 0.6) is 0 Å². The molecule has 0 aliphatic carbocycles. The number of furan rings is 1. The molecule has 0 saturated carbocycles. The molecule has 0 fully saturated rings. The first-order chi connectivity index (χ1) is 10.2. The molecule has 0 aliphatic rings. The number of methoxy groups -OCH3 is 2. The number of benzene rings is 1. The zero-order valence-corrected chi connectivity index (χ0v) is 13.4. The van der Waals surface area contributed by atoms with Gasteiger partial charge in [-0.05, 0) is 18.2 Å². The smallest absolute Gasteiger partial charge is 0.341 e. The molecule has 2 rings (SSSR count). The van der Waals surface area contributed by atoms with Crippen LogP contribution in [0.1, 0.15) is 21.7 Å². The number of carbonyl (C=O) groups is 1. The quantitative estimate of drug-likeness (QED) is 0.804. The van der Waals surface area contributed by atoms with Crippen LogP contribution in [0.4, 0.5) is 5.69 Å². The topological polar surface area (TPSA) is 60.7 Å². The van der Waals surface area contributed by atoms with E-state index >= 15 is 0 Å². The van der Waals surface area contributed by atoms with Crippen molar-refractivity contribution >= 4 is 27.6 Å². The average molecular weight is 354 g/mol. The largest absolute Gasteiger partial charge is 0.467 e. The molecule has 0 atom stereocenters. The fourth-order valence-electron chi connectivity index (χ4n) is 1.90. The SMILES string of the molecule is COCc1c(Br)cccc1NCc1cc(C(=O)OC)co1. The van der Waals surface area contributed by atoms with E-state index in [-0.39, 0.29) is 0 Å². The van der Waals surface area contributed by atoms with Crippen LogP contribution in [0.15, 0.2) is 39.4 Å². The number of esters is 1. The van der Waals surface area contributed by atoms with Gasteiger partial charge in [-0.1, -0.05) is 22.0 Å². The van der Waals surface area contributed by atoms with Crippen LogP contribution in [0, 0.1) is 0 Å². The van der Waals surface area contributed by atoms with Gasteiger partial charge in [0.25, 0.3) is 0 Å². The number of hydrogen-bond donors (Lipinski definition) is 1. The van der Waals surface area contributed by atoms with Gasteiger partial charge in [0.05, 0.1) is 25.8 Å². The Morgan fingerprint density at radius 1 is 1.38 bits per heavy atom. The van der Waals surface area contributed by atoms with Crippen molar-refractivity contribution in [1.82, 2.24) is 0 Å². The zero-order chi connectivity index (χ0) is 15.2. The predicted molar refractivity (Wildman–Crippen MR) is 82.2 cm³/mol. The summed E-state index contributed by atoms with van der Waals surface area (Å²) in [6.45, 7) is 0.958. The number of anilines is 1. The Morgan fingerprint density at radius 2 is 2.19 bits per heavy atom. The first-order valence-corrected chi connectivity index (χ1v) is 7.11. The highest BCUT2D eigenvalue weighted by atomic mass is 79.9. The lowest BCUT2D eigenvalue weighted by Gasteiger charge is -2.12. The standard InChI is InChI=1S/C15H16BrNO4/c1-19-9-12-13(16)4-3-5-14(12)17-7-11-6-10(8-21-11)15(18)20-2/h3-6,8,17H,7,9H2,1-2H3. The number of nitrogens with one attached hydrogen (secondary N) is 1. The van der Waals surface area contributed by atoms with Gasteiger partial charge in [0.2, 0.25) is 0 Å². The van der Waals surface area contributed by atoms with Gasteiger partial charge in [-0.15, -0.1) is 0 Å². The Hall–Kier alpha value is -1.79. The van der Waals surface area contributed by atoms with Crippen LogP contribution in [-0.2, 0) is 22.6 Å².